The van der Waals surface area contributed by atoms with Crippen LogP contribution in [0.4, 0.5) is 10.1 Å². The average molecular weight is 338 g/mol. The van der Waals surface area contributed by atoms with E-state index < -0.39 is 10.0 Å². The lowest BCUT2D eigenvalue weighted by Crippen LogP contribution is -2.22. The normalized spacial score (nSPS) is 11.5. The molecule has 0 atom stereocenters. The summed E-state index contributed by atoms with van der Waals surface area (Å²) in [7, 11) is 0.972. The number of nitrogens with one attached hydrogen (secondary N) is 1. The smallest absolute Gasteiger partial charge is 0.242 e. The highest BCUT2D eigenvalue weighted by Gasteiger charge is 2.17. The minimum absolute atomic E-state index is 0.230. The largest absolute Gasteiger partial charge is 0.494 e. The first-order valence-corrected chi connectivity index (χ1v) is 8.37. The Morgan fingerprint density at radius 3 is 2.57 bits per heavy atom. The van der Waals surface area contributed by atoms with Crippen molar-refractivity contribution in [3.05, 3.63) is 53.8 Å². The highest BCUT2D eigenvalue weighted by atomic mass is 32.2. The van der Waals surface area contributed by atoms with E-state index in [-0.39, 0.29) is 10.7 Å². The molecule has 0 bridgehead atoms. The maximum absolute atomic E-state index is 13.2. The molecule has 0 fully saturated rings. The molecule has 5 nitrogen and oxygen atoms in total. The van der Waals surface area contributed by atoms with Gasteiger partial charge in [-0.1, -0.05) is 12.1 Å². The Hall–Kier alpha value is -2.12. The van der Waals surface area contributed by atoms with Crippen LogP contribution in [0.1, 0.15) is 5.56 Å². The van der Waals surface area contributed by atoms with Gasteiger partial charge in [0, 0.05) is 26.7 Å². The molecule has 0 aliphatic heterocycles. The number of methoxy groups -OCH3 is 1. The zero-order valence-electron chi connectivity index (χ0n) is 13.2. The number of benzene rings is 2. The van der Waals surface area contributed by atoms with Crippen LogP contribution >= 0.6 is 0 Å². The maximum Gasteiger partial charge on any atom is 0.242 e. The number of nitrogens with zero attached hydrogens (tertiary/aromatic N) is 1. The number of anilines is 1. The van der Waals surface area contributed by atoms with Gasteiger partial charge in [-0.15, -0.1) is 0 Å². The number of sulfonamides is 1. The molecule has 0 amide bonds. The van der Waals surface area contributed by atoms with Crippen LogP contribution in [0.5, 0.6) is 5.75 Å². The number of halogens is 1. The van der Waals surface area contributed by atoms with Crippen molar-refractivity contribution in [2.24, 2.45) is 0 Å². The first-order valence-electron chi connectivity index (χ1n) is 6.93. The molecule has 0 aliphatic carbocycles. The average Bonchev–Trinajstić information content (AvgIpc) is 2.53. The molecule has 1 N–H and O–H groups in total. The minimum atomic E-state index is -3.47. The highest BCUT2D eigenvalue weighted by molar-refractivity contribution is 7.89. The van der Waals surface area contributed by atoms with E-state index in [9.17, 15) is 12.8 Å². The highest BCUT2D eigenvalue weighted by Crippen LogP contribution is 2.25. The van der Waals surface area contributed by atoms with Gasteiger partial charge in [-0.2, -0.15) is 0 Å². The first kappa shape index (κ1) is 17.2. The molecule has 0 unspecified atom stereocenters. The van der Waals surface area contributed by atoms with Crippen molar-refractivity contribution in [1.82, 2.24) is 4.31 Å². The first-order chi connectivity index (χ1) is 10.8. The molecule has 0 saturated carbocycles. The molecule has 2 rings (SSSR count). The molecule has 0 saturated heterocycles. The van der Waals surface area contributed by atoms with Crippen LogP contribution in [0.2, 0.25) is 0 Å². The second-order valence-corrected chi connectivity index (χ2v) is 7.28. The molecule has 23 heavy (non-hydrogen) atoms. The van der Waals surface area contributed by atoms with E-state index >= 15 is 0 Å². The summed E-state index contributed by atoms with van der Waals surface area (Å²) in [6.45, 7) is 0.388. The summed E-state index contributed by atoms with van der Waals surface area (Å²) in [5, 5.41) is 3.12. The van der Waals surface area contributed by atoms with Crippen molar-refractivity contribution >= 4 is 15.7 Å². The second kappa shape index (κ2) is 6.97. The third-order valence-corrected chi connectivity index (χ3v) is 5.13. The lowest BCUT2D eigenvalue weighted by atomic mass is 10.2. The Morgan fingerprint density at radius 2 is 1.91 bits per heavy atom. The van der Waals surface area contributed by atoms with Gasteiger partial charge >= 0.3 is 0 Å². The summed E-state index contributed by atoms with van der Waals surface area (Å²) < 4.78 is 43.7. The SMILES string of the molecule is COc1cc(F)ccc1NCc1cccc(S(=O)(=O)N(C)C)c1. The van der Waals surface area contributed by atoms with E-state index in [2.05, 4.69) is 5.32 Å². The predicted molar refractivity (Wildman–Crippen MR) is 87.6 cm³/mol. The molecule has 7 heteroatoms. The molecule has 0 heterocycles. The standard InChI is InChI=1S/C16H19FN2O3S/c1-19(2)23(20,21)14-6-4-5-12(9-14)11-18-15-8-7-13(17)10-16(15)22-3/h4-10,18H,11H2,1-3H3. The van der Waals surface area contributed by atoms with Gasteiger partial charge in [0.05, 0.1) is 17.7 Å². The van der Waals surface area contributed by atoms with E-state index in [1.807, 2.05) is 6.07 Å². The fourth-order valence-corrected chi connectivity index (χ4v) is 3.01. The van der Waals surface area contributed by atoms with Crippen LogP contribution < -0.4 is 10.1 Å². The molecular formula is C16H19FN2O3S. The summed E-state index contributed by atoms with van der Waals surface area (Å²) in [4.78, 5) is 0.230. The van der Waals surface area contributed by atoms with Crippen LogP contribution in [-0.2, 0) is 16.6 Å². The lowest BCUT2D eigenvalue weighted by Gasteiger charge is -2.14. The molecule has 0 radical (unpaired) electrons. The Bertz CT molecular complexity index is 792. The Kier molecular flexibility index (Phi) is 5.23. The number of rotatable bonds is 6. The van der Waals surface area contributed by atoms with Crippen molar-refractivity contribution in [3.63, 3.8) is 0 Å². The Morgan fingerprint density at radius 1 is 1.17 bits per heavy atom. The van der Waals surface area contributed by atoms with Crippen molar-refractivity contribution < 1.29 is 17.5 Å². The summed E-state index contributed by atoms with van der Waals surface area (Å²) in [6.07, 6.45) is 0. The van der Waals surface area contributed by atoms with Gasteiger partial charge in [0.2, 0.25) is 10.0 Å². The molecule has 124 valence electrons. The van der Waals surface area contributed by atoms with Crippen LogP contribution in [0.15, 0.2) is 47.4 Å². The monoisotopic (exact) mass is 338 g/mol. The van der Waals surface area contributed by atoms with Crippen molar-refractivity contribution in [2.75, 3.05) is 26.5 Å². The fourth-order valence-electron chi connectivity index (χ4n) is 2.04. The van der Waals surface area contributed by atoms with Gasteiger partial charge in [-0.25, -0.2) is 17.1 Å². The van der Waals surface area contributed by atoms with Gasteiger partial charge in [-0.05, 0) is 29.8 Å². The van der Waals surface area contributed by atoms with E-state index in [1.165, 1.54) is 37.6 Å². The summed E-state index contributed by atoms with van der Waals surface area (Å²) >= 11 is 0. The zero-order valence-corrected chi connectivity index (χ0v) is 14.0. The van der Waals surface area contributed by atoms with E-state index in [1.54, 1.807) is 24.3 Å². The number of ether oxygens (including phenoxy) is 1. The Labute approximate surface area is 135 Å². The van der Waals surface area contributed by atoms with Gasteiger partial charge < -0.3 is 10.1 Å². The fraction of sp³-hybridized carbons (Fsp3) is 0.250. The maximum atomic E-state index is 13.2. The second-order valence-electron chi connectivity index (χ2n) is 5.13. The van der Waals surface area contributed by atoms with Gasteiger partial charge in [0.15, 0.2) is 0 Å². The summed E-state index contributed by atoms with van der Waals surface area (Å²) in [5.74, 6) is 0.00791. The van der Waals surface area contributed by atoms with E-state index in [0.29, 0.717) is 18.0 Å². The minimum Gasteiger partial charge on any atom is -0.494 e. The topological polar surface area (TPSA) is 58.6 Å². The number of hydrogen-bond acceptors (Lipinski definition) is 4. The molecule has 2 aromatic rings. The van der Waals surface area contributed by atoms with Crippen molar-refractivity contribution in [2.45, 2.75) is 11.4 Å². The third kappa shape index (κ3) is 4.00. The lowest BCUT2D eigenvalue weighted by molar-refractivity contribution is 0.413. The number of hydrogen-bond donors (Lipinski definition) is 1. The van der Waals surface area contributed by atoms with Gasteiger partial charge in [-0.3, -0.25) is 0 Å². The Balaban J connectivity index is 2.19. The van der Waals surface area contributed by atoms with Crippen LogP contribution in [0.25, 0.3) is 0 Å². The molecule has 0 aliphatic rings. The molecular weight excluding hydrogens is 319 g/mol. The third-order valence-electron chi connectivity index (χ3n) is 3.32. The van der Waals surface area contributed by atoms with E-state index in [0.717, 1.165) is 5.56 Å². The molecule has 0 aromatic heterocycles. The quantitative estimate of drug-likeness (QED) is 0.880. The summed E-state index contributed by atoms with van der Waals surface area (Å²) in [6, 6.07) is 10.9. The predicted octanol–water partition coefficient (Wildman–Crippen LogP) is 2.70. The van der Waals surface area contributed by atoms with E-state index in [4.69, 9.17) is 4.74 Å². The van der Waals surface area contributed by atoms with Crippen LogP contribution in [0.3, 0.4) is 0 Å². The van der Waals surface area contributed by atoms with Gasteiger partial charge in [0.25, 0.3) is 0 Å². The van der Waals surface area contributed by atoms with Crippen molar-refractivity contribution in [3.8, 4) is 5.75 Å². The van der Waals surface area contributed by atoms with Crippen LogP contribution in [-0.4, -0.2) is 33.9 Å². The van der Waals surface area contributed by atoms with Gasteiger partial charge in [0.1, 0.15) is 11.6 Å². The van der Waals surface area contributed by atoms with Crippen molar-refractivity contribution in [1.29, 1.82) is 0 Å². The summed E-state index contributed by atoms with van der Waals surface area (Å²) in [5.41, 5.74) is 1.43. The molecule has 0 spiro atoms. The molecule has 2 aromatic carbocycles. The zero-order chi connectivity index (χ0) is 17.0. The van der Waals surface area contributed by atoms with Crippen LogP contribution in [0, 0.1) is 5.82 Å².